The predicted octanol–water partition coefficient (Wildman–Crippen LogP) is 3.88. The zero-order valence-electron chi connectivity index (χ0n) is 13.8. The number of halogens is 1. The van der Waals surface area contributed by atoms with Crippen LogP contribution < -0.4 is 0 Å². The third-order valence-corrected chi connectivity index (χ3v) is 3.18. The number of aryl methyl sites for hydroxylation is 1. The van der Waals surface area contributed by atoms with Gasteiger partial charge < -0.3 is 4.74 Å². The molecule has 0 saturated carbocycles. The smallest absolute Gasteiger partial charge is 0.360 e. The van der Waals surface area contributed by atoms with Gasteiger partial charge in [0.15, 0.2) is 11.3 Å². The van der Waals surface area contributed by atoms with Crippen LogP contribution in [0.15, 0.2) is 24.8 Å². The molecule has 0 spiro atoms. The van der Waals surface area contributed by atoms with Crippen molar-refractivity contribution in [3.8, 4) is 0 Å². The van der Waals surface area contributed by atoms with Gasteiger partial charge in [0.05, 0.1) is 5.39 Å². The normalized spacial score (nSPS) is 11.7. The first-order chi connectivity index (χ1) is 10.8. The van der Waals surface area contributed by atoms with E-state index in [-0.39, 0.29) is 5.69 Å². The van der Waals surface area contributed by atoms with Crippen molar-refractivity contribution in [3.05, 3.63) is 36.4 Å². The van der Waals surface area contributed by atoms with E-state index < -0.39 is 17.5 Å². The van der Waals surface area contributed by atoms with Gasteiger partial charge >= 0.3 is 5.97 Å². The molecule has 0 aliphatic heterocycles. The van der Waals surface area contributed by atoms with Gasteiger partial charge in [0.2, 0.25) is 5.95 Å². The minimum atomic E-state index is -0.620. The van der Waals surface area contributed by atoms with Crippen molar-refractivity contribution < 1.29 is 13.9 Å². The summed E-state index contributed by atoms with van der Waals surface area (Å²) >= 11 is 0. The van der Waals surface area contributed by atoms with E-state index in [1.54, 1.807) is 25.5 Å². The topological polar surface area (TPSA) is 57.0 Å². The average molecular weight is 319 g/mol. The molecule has 0 aliphatic carbocycles. The molecule has 0 N–H and O–H groups in total. The minimum Gasteiger partial charge on any atom is -0.455 e. The first-order valence-corrected chi connectivity index (χ1v) is 7.69. The fourth-order valence-electron chi connectivity index (χ4n) is 2.21. The second-order valence-corrected chi connectivity index (χ2v) is 6.36. The molecule has 0 saturated heterocycles. The Morgan fingerprint density at radius 2 is 2.13 bits per heavy atom. The highest BCUT2D eigenvalue weighted by atomic mass is 19.1. The lowest BCUT2D eigenvalue weighted by Crippen LogP contribution is -2.24. The fraction of sp³-hybridized carbons (Fsp3) is 0.471. The molecule has 0 bridgehead atoms. The van der Waals surface area contributed by atoms with E-state index >= 15 is 0 Å². The van der Waals surface area contributed by atoms with E-state index in [0.717, 1.165) is 19.3 Å². The first kappa shape index (κ1) is 17.1. The number of unbranched alkanes of at least 4 members (excludes halogenated alkanes) is 2. The molecule has 2 heterocycles. The Morgan fingerprint density at radius 1 is 1.39 bits per heavy atom. The number of esters is 1. The van der Waals surface area contributed by atoms with Crippen LogP contribution in [0.2, 0.25) is 0 Å². The number of hydrogen-bond acceptors (Lipinski definition) is 4. The number of carbonyl (C=O) groups excluding carboxylic acids is 1. The van der Waals surface area contributed by atoms with Gasteiger partial charge in [-0.2, -0.15) is 14.5 Å². The lowest BCUT2D eigenvalue weighted by molar-refractivity contribution is 0.00640. The molecule has 0 amide bonds. The number of nitrogens with zero attached hydrogens (tertiary/aromatic N) is 3. The van der Waals surface area contributed by atoms with Gasteiger partial charge in [-0.05, 0) is 52.2 Å². The molecule has 0 radical (unpaired) electrons. The number of pyridine rings is 1. The van der Waals surface area contributed by atoms with Gasteiger partial charge in [-0.3, -0.25) is 0 Å². The van der Waals surface area contributed by atoms with Crippen LogP contribution in [-0.2, 0) is 11.3 Å². The van der Waals surface area contributed by atoms with E-state index in [4.69, 9.17) is 4.74 Å². The molecule has 2 aromatic heterocycles. The summed E-state index contributed by atoms with van der Waals surface area (Å²) in [6.45, 7) is 9.61. The van der Waals surface area contributed by atoms with Gasteiger partial charge in [-0.25, -0.2) is 9.48 Å². The number of ether oxygens (including phenoxy) is 1. The molecule has 5 nitrogen and oxygen atoms in total. The fourth-order valence-corrected chi connectivity index (χ4v) is 2.21. The highest BCUT2D eigenvalue weighted by molar-refractivity contribution is 6.01. The molecule has 0 atom stereocenters. The second-order valence-electron chi connectivity index (χ2n) is 6.36. The molecule has 0 fully saturated rings. The van der Waals surface area contributed by atoms with Gasteiger partial charge in [-0.1, -0.05) is 6.08 Å². The van der Waals surface area contributed by atoms with Crippen molar-refractivity contribution in [2.75, 3.05) is 0 Å². The van der Waals surface area contributed by atoms with Gasteiger partial charge in [-0.15, -0.1) is 6.58 Å². The summed E-state index contributed by atoms with van der Waals surface area (Å²) in [6.07, 6.45) is 4.54. The molecule has 124 valence electrons. The van der Waals surface area contributed by atoms with Crippen LogP contribution in [0.1, 0.15) is 50.5 Å². The highest BCUT2D eigenvalue weighted by Gasteiger charge is 2.24. The van der Waals surface area contributed by atoms with Crippen LogP contribution in [0.3, 0.4) is 0 Å². The Kier molecular flexibility index (Phi) is 5.13. The van der Waals surface area contributed by atoms with Crippen LogP contribution >= 0.6 is 0 Å². The number of hydrogen-bond donors (Lipinski definition) is 0. The maximum atomic E-state index is 13.5. The minimum absolute atomic E-state index is 0.172. The Bertz CT molecular complexity index is 716. The number of aromatic nitrogens is 3. The first-order valence-electron chi connectivity index (χ1n) is 7.69. The third kappa shape index (κ3) is 4.37. The lowest BCUT2D eigenvalue weighted by Gasteiger charge is -2.18. The van der Waals surface area contributed by atoms with E-state index in [1.165, 1.54) is 12.1 Å². The number of carbonyl (C=O) groups is 1. The molecule has 0 aromatic carbocycles. The van der Waals surface area contributed by atoms with Gasteiger partial charge in [0.25, 0.3) is 0 Å². The number of allylic oxidation sites excluding steroid dienone is 1. The van der Waals surface area contributed by atoms with Crippen molar-refractivity contribution in [1.29, 1.82) is 0 Å². The Hall–Kier alpha value is -2.24. The summed E-state index contributed by atoms with van der Waals surface area (Å²) in [5, 5.41) is 4.80. The van der Waals surface area contributed by atoms with E-state index in [0.29, 0.717) is 17.6 Å². The molecule has 0 unspecified atom stereocenters. The van der Waals surface area contributed by atoms with E-state index in [9.17, 15) is 9.18 Å². The van der Waals surface area contributed by atoms with Crippen LogP contribution in [0.5, 0.6) is 0 Å². The van der Waals surface area contributed by atoms with Crippen LogP contribution in [0.25, 0.3) is 11.0 Å². The quantitative estimate of drug-likeness (QED) is 0.351. The van der Waals surface area contributed by atoms with Crippen molar-refractivity contribution in [2.45, 2.75) is 52.2 Å². The monoisotopic (exact) mass is 319 g/mol. The molecule has 2 aromatic rings. The Morgan fingerprint density at radius 3 is 2.78 bits per heavy atom. The zero-order valence-corrected chi connectivity index (χ0v) is 13.8. The van der Waals surface area contributed by atoms with Gasteiger partial charge in [0, 0.05) is 6.54 Å². The average Bonchev–Trinajstić information content (AvgIpc) is 2.80. The molecule has 6 heteroatoms. The third-order valence-electron chi connectivity index (χ3n) is 3.18. The maximum Gasteiger partial charge on any atom is 0.360 e. The second kappa shape index (κ2) is 6.89. The van der Waals surface area contributed by atoms with Crippen molar-refractivity contribution in [1.82, 2.24) is 14.8 Å². The lowest BCUT2D eigenvalue weighted by atomic mass is 10.2. The summed E-state index contributed by atoms with van der Waals surface area (Å²) in [6, 6.07) is 2.74. The highest BCUT2D eigenvalue weighted by Crippen LogP contribution is 2.21. The molecular formula is C17H22FN3O2. The van der Waals surface area contributed by atoms with Crippen molar-refractivity contribution in [3.63, 3.8) is 0 Å². The molecule has 23 heavy (non-hydrogen) atoms. The van der Waals surface area contributed by atoms with Crippen LogP contribution in [0, 0.1) is 5.95 Å². The largest absolute Gasteiger partial charge is 0.455 e. The summed E-state index contributed by atoms with van der Waals surface area (Å²) in [7, 11) is 0. The molecule has 0 aliphatic rings. The predicted molar refractivity (Wildman–Crippen MR) is 86.7 cm³/mol. The van der Waals surface area contributed by atoms with E-state index in [2.05, 4.69) is 16.7 Å². The van der Waals surface area contributed by atoms with E-state index in [1.807, 2.05) is 6.08 Å². The molecular weight excluding hydrogens is 297 g/mol. The standard InChI is InChI=1S/C17H22FN3O2/c1-5-6-7-8-11-21-15-12(9-10-13(18)19-15)14(20-21)16(22)23-17(2,3)4/h5,9-10H,1,6-8,11H2,2-4H3. The number of fused-ring (bicyclic) bond motifs is 1. The number of rotatable bonds is 6. The summed E-state index contributed by atoms with van der Waals surface area (Å²) in [4.78, 5) is 16.2. The van der Waals surface area contributed by atoms with Crippen LogP contribution in [0.4, 0.5) is 4.39 Å². The maximum absolute atomic E-state index is 13.5. The summed E-state index contributed by atoms with van der Waals surface area (Å²) in [5.41, 5.74) is -0.0828. The summed E-state index contributed by atoms with van der Waals surface area (Å²) < 4.78 is 20.4. The zero-order chi connectivity index (χ0) is 17.0. The van der Waals surface area contributed by atoms with Crippen molar-refractivity contribution in [2.24, 2.45) is 0 Å². The SMILES string of the molecule is C=CCCCCn1nc(C(=O)OC(C)(C)C)c2ccc(F)nc21. The Labute approximate surface area is 135 Å². The van der Waals surface area contributed by atoms with Crippen LogP contribution in [-0.4, -0.2) is 26.3 Å². The van der Waals surface area contributed by atoms with Gasteiger partial charge in [0.1, 0.15) is 5.60 Å². The molecule has 2 rings (SSSR count). The van der Waals surface area contributed by atoms with Crippen molar-refractivity contribution >= 4 is 17.0 Å². The Balaban J connectivity index is 2.34. The summed E-state index contributed by atoms with van der Waals surface area (Å²) in [5.74, 6) is -1.12.